The highest BCUT2D eigenvalue weighted by Crippen LogP contribution is 2.51. The Morgan fingerprint density at radius 2 is 0.718 bits per heavy atom. The van der Waals surface area contributed by atoms with Crippen molar-refractivity contribution in [2.24, 2.45) is 0 Å². The van der Waals surface area contributed by atoms with E-state index in [4.69, 9.17) is 49.7 Å². The van der Waals surface area contributed by atoms with Crippen LogP contribution in [0.2, 0.25) is 48.4 Å². The van der Waals surface area contributed by atoms with E-state index in [1.165, 1.54) is 0 Å². The molecule has 226 valence electrons. The summed E-state index contributed by atoms with van der Waals surface area (Å²) in [6.07, 6.45) is 0.578. The van der Waals surface area contributed by atoms with Gasteiger partial charge in [-0.05, 0) is 12.5 Å². The van der Waals surface area contributed by atoms with E-state index >= 15 is 0 Å². The summed E-state index contributed by atoms with van der Waals surface area (Å²) in [6, 6.07) is 3.52. The first-order chi connectivity index (χ1) is 18.5. The molecule has 6 rings (SSSR count). The SMILES string of the molecule is CC[Si]12OC[Si]3(CCCO)O[Si]4(CC)O[Si](CC)(O1)O[Si]1(CC)O[Si](CC)(O2)O[Si](CC)(O3)O[Si](CC)(O4)O1. The van der Waals surface area contributed by atoms with Gasteiger partial charge in [0.05, 0.1) is 6.23 Å². The zero-order valence-corrected chi connectivity index (χ0v) is 32.1. The molecule has 4 unspecified atom stereocenters. The molecule has 0 amide bonds. The third-order valence-corrected chi connectivity index (χ3v) is 44.2. The Labute approximate surface area is 240 Å². The van der Waals surface area contributed by atoms with Crippen LogP contribution in [-0.2, 0) is 49.7 Å². The van der Waals surface area contributed by atoms with Crippen molar-refractivity contribution >= 4 is 70.2 Å². The average Bonchev–Trinajstić information content (AvgIpc) is 2.99. The first-order valence-corrected chi connectivity index (χ1v) is 30.2. The molecule has 6 heterocycles. The average molecular weight is 693 g/mol. The highest BCUT2D eigenvalue weighted by atomic mass is 28.6. The van der Waals surface area contributed by atoms with Crippen molar-refractivity contribution in [1.29, 1.82) is 0 Å². The molecule has 13 nitrogen and oxygen atoms in total. The monoisotopic (exact) mass is 692 g/mol. The molecule has 0 aromatic carbocycles. The van der Waals surface area contributed by atoms with E-state index in [0.717, 1.165) is 0 Å². The molecule has 0 saturated carbocycles. The Bertz CT molecular complexity index is 878. The van der Waals surface area contributed by atoms with Gasteiger partial charge in [-0.25, -0.2) is 0 Å². The second-order valence-corrected chi connectivity index (χ2v) is 36.8. The molecule has 0 aromatic rings. The van der Waals surface area contributed by atoms with Gasteiger partial charge in [0.1, 0.15) is 0 Å². The van der Waals surface area contributed by atoms with E-state index in [-0.39, 0.29) is 12.8 Å². The predicted molar refractivity (Wildman–Crippen MR) is 154 cm³/mol. The van der Waals surface area contributed by atoms with E-state index in [9.17, 15) is 5.11 Å². The van der Waals surface area contributed by atoms with Gasteiger partial charge < -0.3 is 54.8 Å². The summed E-state index contributed by atoms with van der Waals surface area (Å²) in [5.41, 5.74) is 0. The Morgan fingerprint density at radius 1 is 0.436 bits per heavy atom. The fourth-order valence-corrected chi connectivity index (χ4v) is 54.1. The lowest BCUT2D eigenvalue weighted by atomic mass is 10.5. The molecular formula is C18H44O13Si8. The molecule has 1 N–H and O–H groups in total. The highest BCUT2D eigenvalue weighted by molar-refractivity contribution is 7.01. The van der Waals surface area contributed by atoms with Crippen LogP contribution in [0.25, 0.3) is 0 Å². The van der Waals surface area contributed by atoms with Crippen molar-refractivity contribution in [3.05, 3.63) is 0 Å². The zero-order valence-electron chi connectivity index (χ0n) is 24.1. The Morgan fingerprint density at radius 3 is 1.00 bits per heavy atom. The van der Waals surface area contributed by atoms with Crippen LogP contribution in [0.4, 0.5) is 0 Å². The number of hydrogen-bond donors (Lipinski definition) is 1. The summed E-state index contributed by atoms with van der Waals surface area (Å²) in [7, 11) is -28.6. The first kappa shape index (κ1) is 31.6. The van der Waals surface area contributed by atoms with Gasteiger partial charge in [0.2, 0.25) is 0 Å². The largest absolute Gasteiger partial charge is 0.485 e. The molecule has 39 heavy (non-hydrogen) atoms. The van der Waals surface area contributed by atoms with Gasteiger partial charge in [-0.15, -0.1) is 0 Å². The topological polar surface area (TPSA) is 131 Å². The second-order valence-electron chi connectivity index (χ2n) is 10.4. The smallest absolute Gasteiger partial charge is 0.396 e. The van der Waals surface area contributed by atoms with Gasteiger partial charge in [0.25, 0.3) is 0 Å². The molecule has 8 bridgehead atoms. The van der Waals surface area contributed by atoms with Crippen LogP contribution in [0, 0.1) is 0 Å². The van der Waals surface area contributed by atoms with Crippen molar-refractivity contribution in [3.8, 4) is 0 Å². The van der Waals surface area contributed by atoms with Crippen LogP contribution in [0.3, 0.4) is 0 Å². The molecule has 21 heteroatoms. The first-order valence-electron chi connectivity index (χ1n) is 14.4. The van der Waals surface area contributed by atoms with Gasteiger partial charge in [-0.1, -0.05) is 48.5 Å². The molecule has 0 aliphatic carbocycles. The van der Waals surface area contributed by atoms with Crippen molar-refractivity contribution in [3.63, 3.8) is 0 Å². The highest BCUT2D eigenvalue weighted by Gasteiger charge is 2.79. The number of fused-ring (bicyclic) bond motifs is 1. The third-order valence-electron chi connectivity index (χ3n) is 7.74. The van der Waals surface area contributed by atoms with Crippen molar-refractivity contribution in [2.45, 2.75) is 103 Å². The molecule has 6 fully saturated rings. The fraction of sp³-hybridized carbons (Fsp3) is 1.00. The molecule has 6 saturated heterocycles. The van der Waals surface area contributed by atoms with Crippen LogP contribution in [0.15, 0.2) is 0 Å². The number of aliphatic hydroxyl groups is 1. The molecule has 0 spiro atoms. The minimum absolute atomic E-state index is 0.0233. The van der Waals surface area contributed by atoms with E-state index in [0.29, 0.717) is 54.8 Å². The second kappa shape index (κ2) is 11.0. The third kappa shape index (κ3) is 5.41. The Kier molecular flexibility index (Phi) is 8.91. The standard InChI is InChI=1S/C18H44O13Si8/c1-8-33-20-18-32(17-15-16-19)21-34(9-2)25-36(11-4,23-33)29-39(14-7)30-37(12-5,24-33)26-35(10-3,22-32)28-38(13-6,27-34)31-39/h19H,8-18H2,1-7H3. The number of aliphatic hydroxyl groups excluding tert-OH is 1. The Balaban J connectivity index is 1.86. The normalized spacial score (nSPS) is 51.1. The minimum atomic E-state index is -3.63. The molecule has 0 radical (unpaired) electrons. The Hall–Kier alpha value is 1.22. The molecule has 0 aromatic heterocycles. The maximum Gasteiger partial charge on any atom is 0.485 e. The maximum absolute atomic E-state index is 9.89. The summed E-state index contributed by atoms with van der Waals surface area (Å²) in [5, 5.41) is 9.89. The van der Waals surface area contributed by atoms with E-state index in [2.05, 4.69) is 0 Å². The van der Waals surface area contributed by atoms with Gasteiger partial charge >= 0.3 is 70.2 Å². The number of hydrogen-bond acceptors (Lipinski definition) is 13. The van der Waals surface area contributed by atoms with Crippen LogP contribution < -0.4 is 0 Å². The van der Waals surface area contributed by atoms with Crippen LogP contribution in [0.1, 0.15) is 54.9 Å². The summed E-state index contributed by atoms with van der Waals surface area (Å²) in [5.74, 6) is 0. The van der Waals surface area contributed by atoms with Crippen LogP contribution in [0.5, 0.6) is 0 Å². The summed E-state index contributed by atoms with van der Waals surface area (Å²) in [6.45, 7) is 13.9. The lowest BCUT2D eigenvalue weighted by Gasteiger charge is -2.59. The van der Waals surface area contributed by atoms with Crippen molar-refractivity contribution < 1.29 is 54.8 Å². The van der Waals surface area contributed by atoms with Gasteiger partial charge in [0, 0.05) is 48.9 Å². The predicted octanol–water partition coefficient (Wildman–Crippen LogP) is 3.33. The number of rotatable bonds is 10. The molecule has 6 aliphatic rings. The van der Waals surface area contributed by atoms with Crippen LogP contribution >= 0.6 is 0 Å². The maximum atomic E-state index is 9.89. The summed E-state index contributed by atoms with van der Waals surface area (Å²) >= 11 is 0. The van der Waals surface area contributed by atoms with Crippen LogP contribution in [-0.4, -0.2) is 88.1 Å². The lowest BCUT2D eigenvalue weighted by molar-refractivity contribution is 0.00569. The van der Waals surface area contributed by atoms with Gasteiger partial charge in [-0.2, -0.15) is 0 Å². The van der Waals surface area contributed by atoms with Gasteiger partial charge in [0.15, 0.2) is 0 Å². The quantitative estimate of drug-likeness (QED) is 0.336. The van der Waals surface area contributed by atoms with E-state index in [1.807, 2.05) is 48.5 Å². The molecule has 6 aliphatic heterocycles. The van der Waals surface area contributed by atoms with E-state index < -0.39 is 70.2 Å². The molecule has 4 atom stereocenters. The lowest BCUT2D eigenvalue weighted by Crippen LogP contribution is -2.84. The summed E-state index contributed by atoms with van der Waals surface area (Å²) in [4.78, 5) is 0. The van der Waals surface area contributed by atoms with E-state index in [1.54, 1.807) is 0 Å². The van der Waals surface area contributed by atoms with Crippen molar-refractivity contribution in [2.75, 3.05) is 12.8 Å². The summed E-state index contributed by atoms with van der Waals surface area (Å²) < 4.78 is 84.8. The van der Waals surface area contributed by atoms with Gasteiger partial charge in [-0.3, -0.25) is 0 Å². The minimum Gasteiger partial charge on any atom is -0.396 e. The van der Waals surface area contributed by atoms with Crippen molar-refractivity contribution in [1.82, 2.24) is 0 Å². The molecular weight excluding hydrogens is 649 g/mol. The zero-order chi connectivity index (χ0) is 28.3. The fourth-order valence-electron chi connectivity index (χ4n) is 5.52.